The zero-order chi connectivity index (χ0) is 18.1. The topological polar surface area (TPSA) is 76.6 Å². The van der Waals surface area contributed by atoms with Crippen LogP contribution in [-0.2, 0) is 12.8 Å². The van der Waals surface area contributed by atoms with E-state index in [9.17, 15) is 14.9 Å². The van der Waals surface area contributed by atoms with E-state index in [-0.39, 0.29) is 28.8 Å². The molecular weight excluding hydrogens is 366 g/mol. The summed E-state index contributed by atoms with van der Waals surface area (Å²) in [6.07, 6.45) is 5.04. The van der Waals surface area contributed by atoms with Gasteiger partial charge in [-0.3, -0.25) is 14.9 Å². The summed E-state index contributed by atoms with van der Waals surface area (Å²) >= 11 is 0. The number of anilines is 1. The number of benzene rings is 1. The lowest BCUT2D eigenvalue weighted by Crippen LogP contribution is -2.13. The summed E-state index contributed by atoms with van der Waals surface area (Å²) in [5.41, 5.74) is 4.76. The van der Waals surface area contributed by atoms with E-state index in [0.29, 0.717) is 25.1 Å². The van der Waals surface area contributed by atoms with E-state index >= 15 is 0 Å². The van der Waals surface area contributed by atoms with Gasteiger partial charge in [-0.05, 0) is 48.6 Å². The molecule has 1 aliphatic rings. The van der Waals surface area contributed by atoms with Gasteiger partial charge in [0.05, 0.1) is 10.6 Å². The number of hydrogen-bond acceptors (Lipinski definition) is 4. The number of rotatable bonds is 5. The van der Waals surface area contributed by atoms with Crippen LogP contribution >= 0.6 is 12.4 Å². The molecule has 1 aromatic carbocycles. The number of halogens is 1. The van der Waals surface area contributed by atoms with Crippen LogP contribution < -0.4 is 5.32 Å². The highest BCUT2D eigenvalue weighted by molar-refractivity contribution is 5.99. The maximum atomic E-state index is 12.4. The zero-order valence-electron chi connectivity index (χ0n) is 14.7. The SMILES string of the molecule is Cl.O=C1CCCc2c(CCNc3ccccc3[N+](=O)[O-])c3ccccn3c21. The molecular formula is C20H20ClN3O3. The molecule has 0 saturated carbocycles. The average molecular weight is 386 g/mol. The number of nitro groups is 1. The number of Topliss-reactive ketones (excluding diaryl/α,β-unsaturated/α-hetero) is 1. The molecule has 1 aliphatic carbocycles. The van der Waals surface area contributed by atoms with Crippen LogP contribution in [-0.4, -0.2) is 21.7 Å². The van der Waals surface area contributed by atoms with Crippen LogP contribution in [0.5, 0.6) is 0 Å². The van der Waals surface area contributed by atoms with Crippen molar-refractivity contribution in [2.45, 2.75) is 25.7 Å². The summed E-state index contributed by atoms with van der Waals surface area (Å²) in [5, 5.41) is 14.3. The van der Waals surface area contributed by atoms with Gasteiger partial charge >= 0.3 is 0 Å². The molecule has 27 heavy (non-hydrogen) atoms. The number of fused-ring (bicyclic) bond motifs is 3. The third-order valence-electron chi connectivity index (χ3n) is 4.95. The van der Waals surface area contributed by atoms with E-state index in [1.54, 1.807) is 18.2 Å². The minimum absolute atomic E-state index is 0. The van der Waals surface area contributed by atoms with E-state index in [2.05, 4.69) is 5.32 Å². The Kier molecular flexibility index (Phi) is 5.46. The molecule has 0 saturated heterocycles. The Bertz CT molecular complexity index is 1010. The van der Waals surface area contributed by atoms with Gasteiger partial charge in [0.1, 0.15) is 5.69 Å². The molecule has 4 rings (SSSR count). The normalized spacial score (nSPS) is 13.1. The molecule has 0 spiro atoms. The molecule has 0 amide bonds. The van der Waals surface area contributed by atoms with Gasteiger partial charge in [-0.25, -0.2) is 0 Å². The number of carbonyl (C=O) groups is 1. The summed E-state index contributed by atoms with van der Waals surface area (Å²) < 4.78 is 2.00. The predicted molar refractivity (Wildman–Crippen MR) is 107 cm³/mol. The standard InChI is InChI=1S/C20H19N3O3.ClH/c24-19-10-5-6-15-14(17-8-3-4-13-22(17)20(15)19)11-12-21-16-7-1-2-9-18(16)23(25)26;/h1-4,7-9,13,21H,5-6,10-12H2;1H. The van der Waals surface area contributed by atoms with Crippen molar-refractivity contribution in [2.24, 2.45) is 0 Å². The Morgan fingerprint density at radius 1 is 1.11 bits per heavy atom. The van der Waals surface area contributed by atoms with Crippen LogP contribution in [0.15, 0.2) is 48.7 Å². The fourth-order valence-corrected chi connectivity index (χ4v) is 3.83. The third kappa shape index (κ3) is 3.40. The lowest BCUT2D eigenvalue weighted by Gasteiger charge is -2.13. The molecule has 0 aliphatic heterocycles. The smallest absolute Gasteiger partial charge is 0.292 e. The van der Waals surface area contributed by atoms with E-state index < -0.39 is 0 Å². The summed E-state index contributed by atoms with van der Waals surface area (Å²) in [6.45, 7) is 0.569. The monoisotopic (exact) mass is 385 g/mol. The first-order valence-corrected chi connectivity index (χ1v) is 8.78. The van der Waals surface area contributed by atoms with Crippen molar-refractivity contribution in [3.63, 3.8) is 0 Å². The minimum atomic E-state index is -0.378. The maximum absolute atomic E-state index is 12.4. The van der Waals surface area contributed by atoms with Crippen LogP contribution in [0.1, 0.15) is 34.5 Å². The van der Waals surface area contributed by atoms with Crippen LogP contribution in [0.2, 0.25) is 0 Å². The van der Waals surface area contributed by atoms with Gasteiger partial charge in [-0.1, -0.05) is 18.2 Å². The Hall–Kier alpha value is -2.86. The van der Waals surface area contributed by atoms with Gasteiger partial charge in [-0.15, -0.1) is 12.4 Å². The highest BCUT2D eigenvalue weighted by Gasteiger charge is 2.25. The van der Waals surface area contributed by atoms with Gasteiger partial charge in [0.25, 0.3) is 5.69 Å². The lowest BCUT2D eigenvalue weighted by molar-refractivity contribution is -0.384. The lowest BCUT2D eigenvalue weighted by atomic mass is 9.92. The van der Waals surface area contributed by atoms with Crippen molar-refractivity contribution in [1.29, 1.82) is 0 Å². The Morgan fingerprint density at radius 2 is 1.89 bits per heavy atom. The summed E-state index contributed by atoms with van der Waals surface area (Å²) in [7, 11) is 0. The number of ketones is 1. The number of nitro benzene ring substituents is 1. The second-order valence-corrected chi connectivity index (χ2v) is 6.49. The van der Waals surface area contributed by atoms with Crippen molar-refractivity contribution >= 4 is 35.1 Å². The second-order valence-electron chi connectivity index (χ2n) is 6.49. The van der Waals surface area contributed by atoms with Gasteiger partial charge in [-0.2, -0.15) is 0 Å². The summed E-state index contributed by atoms with van der Waals surface area (Å²) in [6, 6.07) is 12.6. The molecule has 2 heterocycles. The second kappa shape index (κ2) is 7.80. The molecule has 1 N–H and O–H groups in total. The highest BCUT2D eigenvalue weighted by atomic mass is 35.5. The molecule has 7 heteroatoms. The Morgan fingerprint density at radius 3 is 2.70 bits per heavy atom. The van der Waals surface area contributed by atoms with Crippen LogP contribution in [0, 0.1) is 10.1 Å². The third-order valence-corrected chi connectivity index (χ3v) is 4.95. The van der Waals surface area contributed by atoms with Crippen LogP contribution in [0.25, 0.3) is 5.52 Å². The van der Waals surface area contributed by atoms with E-state index in [1.807, 2.05) is 28.8 Å². The Labute approximate surface area is 162 Å². The fraction of sp³-hybridized carbons (Fsp3) is 0.250. The molecule has 3 aromatic rings. The van der Waals surface area contributed by atoms with Crippen LogP contribution in [0.3, 0.4) is 0 Å². The van der Waals surface area contributed by atoms with E-state index in [4.69, 9.17) is 0 Å². The minimum Gasteiger partial charge on any atom is -0.379 e. The summed E-state index contributed by atoms with van der Waals surface area (Å²) in [5.74, 6) is 0.199. The molecule has 0 atom stereocenters. The van der Waals surface area contributed by atoms with Gasteiger partial charge in [0.2, 0.25) is 0 Å². The first-order chi connectivity index (χ1) is 12.7. The van der Waals surface area contributed by atoms with Crippen molar-refractivity contribution in [1.82, 2.24) is 4.40 Å². The number of aromatic nitrogens is 1. The molecule has 0 radical (unpaired) electrons. The van der Waals surface area contributed by atoms with Crippen molar-refractivity contribution < 1.29 is 9.72 Å². The molecule has 140 valence electrons. The zero-order valence-corrected chi connectivity index (χ0v) is 15.5. The number of para-hydroxylation sites is 2. The number of carbonyl (C=O) groups excluding carboxylic acids is 1. The van der Waals surface area contributed by atoms with Gasteiger partial charge in [0.15, 0.2) is 5.78 Å². The van der Waals surface area contributed by atoms with Gasteiger partial charge < -0.3 is 9.72 Å². The van der Waals surface area contributed by atoms with Crippen molar-refractivity contribution in [2.75, 3.05) is 11.9 Å². The largest absolute Gasteiger partial charge is 0.379 e. The number of nitrogens with one attached hydrogen (secondary N) is 1. The number of pyridine rings is 1. The molecule has 6 nitrogen and oxygen atoms in total. The number of nitrogens with zero attached hydrogens (tertiary/aromatic N) is 2. The molecule has 0 unspecified atom stereocenters. The highest BCUT2D eigenvalue weighted by Crippen LogP contribution is 2.31. The average Bonchev–Trinajstić information content (AvgIpc) is 2.97. The molecule has 0 bridgehead atoms. The van der Waals surface area contributed by atoms with E-state index in [1.165, 1.54) is 11.6 Å². The predicted octanol–water partition coefficient (Wildman–Crippen LogP) is 4.44. The maximum Gasteiger partial charge on any atom is 0.292 e. The van der Waals surface area contributed by atoms with E-state index in [0.717, 1.165) is 29.6 Å². The van der Waals surface area contributed by atoms with Crippen LogP contribution in [0.4, 0.5) is 11.4 Å². The number of hydrogen-bond donors (Lipinski definition) is 1. The van der Waals surface area contributed by atoms with Gasteiger partial charge in [0, 0.05) is 30.7 Å². The van der Waals surface area contributed by atoms with Crippen molar-refractivity contribution in [3.05, 3.63) is 75.6 Å². The molecule has 0 fully saturated rings. The quantitative estimate of drug-likeness (QED) is 0.520. The Balaban J connectivity index is 0.00000210. The first kappa shape index (κ1) is 18.9. The first-order valence-electron chi connectivity index (χ1n) is 8.78. The van der Waals surface area contributed by atoms with Crippen molar-refractivity contribution in [3.8, 4) is 0 Å². The fourth-order valence-electron chi connectivity index (χ4n) is 3.83. The molecule has 2 aromatic heterocycles. The summed E-state index contributed by atoms with van der Waals surface area (Å²) in [4.78, 5) is 23.2.